The molecule has 1 amide bonds. The first kappa shape index (κ1) is 12.6. The highest BCUT2D eigenvalue weighted by Crippen LogP contribution is 2.21. The van der Waals surface area contributed by atoms with Gasteiger partial charge in [-0.15, -0.1) is 11.3 Å². The number of carbonyl (C=O) groups is 1. The standard InChI is InChI=1S/C14H17N3OS/c18-13(15-7-10-17-8-3-4-9-17)14-16-11-5-1-2-6-12(11)19-14/h1-2,5-6H,3-4,7-10H2,(H,15,18). The molecule has 1 saturated heterocycles. The van der Waals surface area contributed by atoms with Crippen LogP contribution in [0.3, 0.4) is 0 Å². The van der Waals surface area contributed by atoms with Gasteiger partial charge in [-0.25, -0.2) is 4.98 Å². The van der Waals surface area contributed by atoms with Crippen LogP contribution in [-0.2, 0) is 0 Å². The van der Waals surface area contributed by atoms with Gasteiger partial charge in [-0.2, -0.15) is 0 Å². The highest BCUT2D eigenvalue weighted by Gasteiger charge is 2.13. The van der Waals surface area contributed by atoms with Crippen molar-refractivity contribution in [3.05, 3.63) is 29.3 Å². The summed E-state index contributed by atoms with van der Waals surface area (Å²) in [6.45, 7) is 3.97. The van der Waals surface area contributed by atoms with Gasteiger partial charge in [0.15, 0.2) is 5.01 Å². The molecule has 5 heteroatoms. The number of nitrogens with zero attached hydrogens (tertiary/aromatic N) is 2. The van der Waals surface area contributed by atoms with Gasteiger partial charge in [0.1, 0.15) is 0 Å². The molecule has 0 radical (unpaired) electrons. The van der Waals surface area contributed by atoms with Crippen LogP contribution in [0.15, 0.2) is 24.3 Å². The second-order valence-corrected chi connectivity index (χ2v) is 5.82. The monoisotopic (exact) mass is 275 g/mol. The molecule has 0 unspecified atom stereocenters. The molecule has 0 atom stereocenters. The number of hydrogen-bond donors (Lipinski definition) is 1. The first-order valence-electron chi connectivity index (χ1n) is 6.69. The summed E-state index contributed by atoms with van der Waals surface area (Å²) < 4.78 is 1.06. The number of thiazole rings is 1. The second kappa shape index (κ2) is 5.67. The van der Waals surface area contributed by atoms with Gasteiger partial charge < -0.3 is 10.2 Å². The minimum absolute atomic E-state index is 0.0552. The number of para-hydroxylation sites is 1. The maximum atomic E-state index is 12.0. The average molecular weight is 275 g/mol. The highest BCUT2D eigenvalue weighted by atomic mass is 32.1. The third kappa shape index (κ3) is 2.93. The fourth-order valence-electron chi connectivity index (χ4n) is 2.38. The van der Waals surface area contributed by atoms with E-state index in [9.17, 15) is 4.79 Å². The number of aromatic nitrogens is 1. The van der Waals surface area contributed by atoms with Crippen molar-refractivity contribution in [2.24, 2.45) is 0 Å². The smallest absolute Gasteiger partial charge is 0.280 e. The third-order valence-corrected chi connectivity index (χ3v) is 4.44. The molecule has 1 aromatic heterocycles. The molecule has 1 N–H and O–H groups in total. The van der Waals surface area contributed by atoms with Crippen molar-refractivity contribution < 1.29 is 4.79 Å². The fourth-order valence-corrected chi connectivity index (χ4v) is 3.26. The third-order valence-electron chi connectivity index (χ3n) is 3.40. The van der Waals surface area contributed by atoms with Crippen LogP contribution in [0, 0.1) is 0 Å². The van der Waals surface area contributed by atoms with Gasteiger partial charge in [0.05, 0.1) is 10.2 Å². The Morgan fingerprint density at radius 3 is 2.89 bits per heavy atom. The van der Waals surface area contributed by atoms with E-state index in [-0.39, 0.29) is 5.91 Å². The van der Waals surface area contributed by atoms with Crippen LogP contribution in [0.1, 0.15) is 22.6 Å². The fraction of sp³-hybridized carbons (Fsp3) is 0.429. The number of fused-ring (bicyclic) bond motifs is 1. The van der Waals surface area contributed by atoms with Crippen molar-refractivity contribution in [1.29, 1.82) is 0 Å². The second-order valence-electron chi connectivity index (χ2n) is 4.79. The lowest BCUT2D eigenvalue weighted by Crippen LogP contribution is -2.33. The van der Waals surface area contributed by atoms with E-state index in [0.717, 1.165) is 29.9 Å². The zero-order valence-corrected chi connectivity index (χ0v) is 11.6. The lowest BCUT2D eigenvalue weighted by atomic mass is 10.3. The molecule has 100 valence electrons. The van der Waals surface area contributed by atoms with Crippen LogP contribution in [0.25, 0.3) is 10.2 Å². The van der Waals surface area contributed by atoms with Crippen LogP contribution in [0.4, 0.5) is 0 Å². The molecule has 1 aliphatic rings. The van der Waals surface area contributed by atoms with Gasteiger partial charge in [-0.1, -0.05) is 12.1 Å². The summed E-state index contributed by atoms with van der Waals surface area (Å²) in [4.78, 5) is 18.7. The van der Waals surface area contributed by atoms with E-state index in [0.29, 0.717) is 11.6 Å². The lowest BCUT2D eigenvalue weighted by Gasteiger charge is -2.14. The van der Waals surface area contributed by atoms with Crippen molar-refractivity contribution >= 4 is 27.5 Å². The molecule has 2 aromatic rings. The molecular formula is C14H17N3OS. The Hall–Kier alpha value is -1.46. The largest absolute Gasteiger partial charge is 0.349 e. The minimum atomic E-state index is -0.0552. The van der Waals surface area contributed by atoms with Crippen LogP contribution in [-0.4, -0.2) is 42.0 Å². The first-order chi connectivity index (χ1) is 9.33. The molecule has 0 saturated carbocycles. The zero-order valence-electron chi connectivity index (χ0n) is 10.8. The molecule has 3 rings (SSSR count). The number of likely N-dealkylation sites (tertiary alicyclic amines) is 1. The summed E-state index contributed by atoms with van der Waals surface area (Å²) in [7, 11) is 0. The number of hydrogen-bond acceptors (Lipinski definition) is 4. The van der Waals surface area contributed by atoms with Crippen LogP contribution >= 0.6 is 11.3 Å². The minimum Gasteiger partial charge on any atom is -0.349 e. The van der Waals surface area contributed by atoms with Crippen molar-refractivity contribution in [2.75, 3.05) is 26.2 Å². The number of carbonyl (C=O) groups excluding carboxylic acids is 1. The summed E-state index contributed by atoms with van der Waals surface area (Å²) >= 11 is 1.45. The van der Waals surface area contributed by atoms with E-state index in [1.165, 1.54) is 24.2 Å². The van der Waals surface area contributed by atoms with E-state index >= 15 is 0 Å². The Kier molecular flexibility index (Phi) is 3.75. The predicted octanol–water partition coefficient (Wildman–Crippen LogP) is 2.12. The van der Waals surface area contributed by atoms with Crippen molar-refractivity contribution in [2.45, 2.75) is 12.8 Å². The Labute approximate surface area is 116 Å². The number of nitrogens with one attached hydrogen (secondary N) is 1. The maximum absolute atomic E-state index is 12.0. The molecule has 19 heavy (non-hydrogen) atoms. The van der Waals surface area contributed by atoms with E-state index in [1.54, 1.807) is 0 Å². The topological polar surface area (TPSA) is 45.2 Å². The summed E-state index contributed by atoms with van der Waals surface area (Å²) in [6, 6.07) is 7.84. The predicted molar refractivity (Wildman–Crippen MR) is 77.6 cm³/mol. The van der Waals surface area contributed by atoms with Crippen molar-refractivity contribution in [3.8, 4) is 0 Å². The van der Waals surface area contributed by atoms with Crippen LogP contribution < -0.4 is 5.32 Å². The summed E-state index contributed by atoms with van der Waals surface area (Å²) in [5, 5.41) is 3.51. The maximum Gasteiger partial charge on any atom is 0.280 e. The zero-order chi connectivity index (χ0) is 13.1. The summed E-state index contributed by atoms with van der Waals surface area (Å²) in [5.41, 5.74) is 0.900. The lowest BCUT2D eigenvalue weighted by molar-refractivity contribution is 0.0949. The molecule has 2 heterocycles. The average Bonchev–Trinajstić information content (AvgIpc) is 3.07. The van der Waals surface area contributed by atoms with Crippen molar-refractivity contribution in [3.63, 3.8) is 0 Å². The number of rotatable bonds is 4. The quantitative estimate of drug-likeness (QED) is 0.929. The van der Waals surface area contributed by atoms with Crippen molar-refractivity contribution in [1.82, 2.24) is 15.2 Å². The Morgan fingerprint density at radius 1 is 1.32 bits per heavy atom. The van der Waals surface area contributed by atoms with E-state index < -0.39 is 0 Å². The molecule has 4 nitrogen and oxygen atoms in total. The first-order valence-corrected chi connectivity index (χ1v) is 7.51. The molecular weight excluding hydrogens is 258 g/mol. The van der Waals surface area contributed by atoms with E-state index in [4.69, 9.17) is 0 Å². The summed E-state index contributed by atoms with van der Waals surface area (Å²) in [6.07, 6.45) is 2.57. The molecule has 1 aliphatic heterocycles. The Balaban J connectivity index is 1.57. The Bertz CT molecular complexity index is 542. The number of benzene rings is 1. The van der Waals surface area contributed by atoms with Gasteiger partial charge in [-0.3, -0.25) is 4.79 Å². The number of amides is 1. The van der Waals surface area contributed by atoms with Gasteiger partial charge in [0.25, 0.3) is 5.91 Å². The summed E-state index contributed by atoms with van der Waals surface area (Å²) in [5.74, 6) is -0.0552. The Morgan fingerprint density at radius 2 is 2.11 bits per heavy atom. The molecule has 0 aliphatic carbocycles. The van der Waals surface area contributed by atoms with E-state index in [2.05, 4.69) is 15.2 Å². The highest BCUT2D eigenvalue weighted by molar-refractivity contribution is 7.20. The van der Waals surface area contributed by atoms with Crippen LogP contribution in [0.5, 0.6) is 0 Å². The normalized spacial score (nSPS) is 16.0. The molecule has 1 aromatic carbocycles. The van der Waals surface area contributed by atoms with E-state index in [1.807, 2.05) is 24.3 Å². The molecule has 0 spiro atoms. The SMILES string of the molecule is O=C(NCCN1CCCC1)c1nc2ccccc2s1. The van der Waals surface area contributed by atoms with Crippen LogP contribution in [0.2, 0.25) is 0 Å². The molecule has 1 fully saturated rings. The molecule has 0 bridgehead atoms. The van der Waals surface area contributed by atoms with Gasteiger partial charge >= 0.3 is 0 Å². The van der Waals surface area contributed by atoms with Gasteiger partial charge in [0.2, 0.25) is 0 Å². The van der Waals surface area contributed by atoms with Gasteiger partial charge in [-0.05, 0) is 38.1 Å². The van der Waals surface area contributed by atoms with Gasteiger partial charge in [0, 0.05) is 13.1 Å².